The molecule has 5 aromatic carbocycles. The first kappa shape index (κ1) is 57.0. The highest BCUT2D eigenvalue weighted by molar-refractivity contribution is 6.02. The van der Waals surface area contributed by atoms with Crippen LogP contribution >= 0.6 is 0 Å². The van der Waals surface area contributed by atoms with Crippen molar-refractivity contribution in [3.05, 3.63) is 160 Å². The van der Waals surface area contributed by atoms with Crippen LogP contribution in [0.25, 0.3) is 23.0 Å². The number of halogens is 4. The first-order chi connectivity index (χ1) is 37.5. The van der Waals surface area contributed by atoms with Crippen LogP contribution in [0.1, 0.15) is 58.8 Å². The summed E-state index contributed by atoms with van der Waals surface area (Å²) in [5, 5.41) is 12.2. The lowest BCUT2D eigenvalue weighted by Crippen LogP contribution is -2.37. The molecule has 2 heterocycles. The fourth-order valence-electron chi connectivity index (χ4n) is 8.40. The molecule has 6 aromatic rings. The summed E-state index contributed by atoms with van der Waals surface area (Å²) in [6.07, 6.45) is -0.747. The lowest BCUT2D eigenvalue weighted by Gasteiger charge is -2.33. The number of urea groups is 1. The van der Waals surface area contributed by atoms with Gasteiger partial charge in [-0.05, 0) is 91.2 Å². The zero-order chi connectivity index (χ0) is 55.8. The Morgan fingerprint density at radius 2 is 1.46 bits per heavy atom. The highest BCUT2D eigenvalue weighted by Crippen LogP contribution is 2.39. The van der Waals surface area contributed by atoms with Crippen molar-refractivity contribution in [2.45, 2.75) is 39.4 Å². The van der Waals surface area contributed by atoms with Crippen molar-refractivity contribution in [3.8, 4) is 5.75 Å². The molecule has 0 saturated carbocycles. The van der Waals surface area contributed by atoms with Crippen LogP contribution < -0.4 is 48.2 Å². The molecule has 11 N–H and O–H groups in total. The molecule has 22 heteroatoms. The Kier molecular flexibility index (Phi) is 19.6. The Morgan fingerprint density at radius 3 is 2.17 bits per heavy atom. The second kappa shape index (κ2) is 26.9. The number of rotatable bonds is 25. The molecule has 1 aromatic heterocycles. The van der Waals surface area contributed by atoms with E-state index in [9.17, 15) is 32.3 Å². The Labute approximate surface area is 447 Å². The number of carbonyl (C=O) groups is 4. The number of nitrogens with zero attached hydrogens (tertiary/aromatic N) is 2. The number of primary amides is 1. The number of amides is 5. The molecule has 78 heavy (non-hydrogen) atoms. The van der Waals surface area contributed by atoms with Gasteiger partial charge in [-0.25, -0.2) is 15.0 Å². The second-order valence-corrected chi connectivity index (χ2v) is 17.8. The molecule has 18 nitrogen and oxygen atoms in total. The first-order valence-corrected chi connectivity index (χ1v) is 24.7. The van der Waals surface area contributed by atoms with Gasteiger partial charge in [-0.1, -0.05) is 54.6 Å². The van der Waals surface area contributed by atoms with Crippen molar-refractivity contribution >= 4 is 81.4 Å². The molecule has 0 spiro atoms. The minimum Gasteiger partial charge on any atom is -0.488 e. The number of nitrogens with one attached hydrogen (secondary N) is 5. The van der Waals surface area contributed by atoms with Crippen molar-refractivity contribution in [2.24, 2.45) is 17.3 Å². The van der Waals surface area contributed by atoms with E-state index in [4.69, 9.17) is 36.3 Å². The maximum absolute atomic E-state index is 15.7. The minimum absolute atomic E-state index is 0.0639. The Hall–Kier alpha value is -8.70. The van der Waals surface area contributed by atoms with Crippen LogP contribution in [-0.4, -0.2) is 87.0 Å². The van der Waals surface area contributed by atoms with E-state index in [0.717, 1.165) is 33.5 Å². The fraction of sp³-hybridized carbons (Fsp3) is 0.250. The number of aromatic amines is 1. The summed E-state index contributed by atoms with van der Waals surface area (Å²) < 4.78 is 79.8. The highest BCUT2D eigenvalue weighted by atomic mass is 19.4. The lowest BCUT2D eigenvalue weighted by atomic mass is 9.95. The van der Waals surface area contributed by atoms with Gasteiger partial charge in [-0.3, -0.25) is 14.4 Å². The molecule has 1 aliphatic heterocycles. The van der Waals surface area contributed by atoms with Gasteiger partial charge in [0.15, 0.2) is 11.6 Å². The highest BCUT2D eigenvalue weighted by Gasteiger charge is 2.33. The number of allylic oxidation sites excluding steroid dienone is 1. The summed E-state index contributed by atoms with van der Waals surface area (Å²) in [7, 11) is 0. The topological polar surface area (TPSA) is 254 Å². The lowest BCUT2D eigenvalue weighted by molar-refractivity contribution is -0.137. The van der Waals surface area contributed by atoms with E-state index in [1.807, 2.05) is 68.5 Å². The van der Waals surface area contributed by atoms with Gasteiger partial charge in [0, 0.05) is 58.5 Å². The number of ether oxygens (including phenoxy) is 4. The zero-order valence-corrected chi connectivity index (χ0v) is 42.8. The number of fused-ring (bicyclic) bond motifs is 2. The average Bonchev–Trinajstić information content (AvgIpc) is 4.00. The van der Waals surface area contributed by atoms with Gasteiger partial charge in [0.25, 0.3) is 0 Å². The van der Waals surface area contributed by atoms with Crippen LogP contribution in [0.15, 0.2) is 115 Å². The summed E-state index contributed by atoms with van der Waals surface area (Å²) in [5.74, 6) is 3.79. The normalized spacial score (nSPS) is 13.4. The minimum atomic E-state index is -4.91. The number of carbonyl (C=O) groups excluding carboxylic acids is 4. The van der Waals surface area contributed by atoms with E-state index in [-0.39, 0.29) is 83.8 Å². The third-order valence-electron chi connectivity index (χ3n) is 12.3. The molecule has 0 radical (unpaired) electrons. The Balaban J connectivity index is 0.856. The third-order valence-corrected chi connectivity index (χ3v) is 12.3. The number of alkyl halides is 3. The quantitative estimate of drug-likeness (QED) is 0.00878. The van der Waals surface area contributed by atoms with Gasteiger partial charge >= 0.3 is 12.2 Å². The molecule has 0 unspecified atom stereocenters. The predicted octanol–water partition coefficient (Wildman–Crippen LogP) is 9.20. The standard InChI is InChI=1S/C56H60F4N10O8/c1-35-13-14-41(31-45(35)66-40-15-16-42(46(32-40)65-34-71)36(2)28-39-9-7-19-64-39)67-55(74)68-47-29-38(56(58,59)60)30-49(52(47)57)78-27-26-77-25-24-76-23-22-75-21-20-70(63)54-43-10-4-3-8-37(43)33-69(51(73)18-17-50(61)72)48-12-6-5-11-44(48)53(54)62/h3-16,19,28-32,34,64,66H,17-18,20-27,33,62-63H2,1-2H3,(H2,61,72)(H,65,71)(H2,67,68,74)/b36-28+,54-53-. The summed E-state index contributed by atoms with van der Waals surface area (Å²) in [6, 6.07) is 28.6. The van der Waals surface area contributed by atoms with Crippen LogP contribution in [0.3, 0.4) is 0 Å². The Morgan fingerprint density at radius 1 is 0.782 bits per heavy atom. The number of benzene rings is 5. The maximum atomic E-state index is 15.7. The summed E-state index contributed by atoms with van der Waals surface area (Å²) in [4.78, 5) is 54.2. The predicted molar refractivity (Wildman–Crippen MR) is 291 cm³/mol. The molecular formula is C56H60F4N10O8. The van der Waals surface area contributed by atoms with Gasteiger partial charge in [0.1, 0.15) is 6.61 Å². The van der Waals surface area contributed by atoms with E-state index in [1.165, 1.54) is 5.01 Å². The van der Waals surface area contributed by atoms with Gasteiger partial charge in [-0.15, -0.1) is 0 Å². The van der Waals surface area contributed by atoms with Crippen LogP contribution in [0.5, 0.6) is 5.75 Å². The summed E-state index contributed by atoms with van der Waals surface area (Å²) >= 11 is 0. The van der Waals surface area contributed by atoms with E-state index in [1.54, 1.807) is 59.6 Å². The van der Waals surface area contributed by atoms with Crippen LogP contribution in [-0.2, 0) is 41.3 Å². The van der Waals surface area contributed by atoms with Crippen molar-refractivity contribution in [1.82, 2.24) is 9.99 Å². The van der Waals surface area contributed by atoms with Crippen LogP contribution in [0, 0.1) is 12.7 Å². The number of H-pyrrole nitrogens is 1. The molecule has 0 atom stereocenters. The first-order valence-electron chi connectivity index (χ1n) is 24.7. The largest absolute Gasteiger partial charge is 0.488 e. The van der Waals surface area contributed by atoms with E-state index >= 15 is 4.39 Å². The van der Waals surface area contributed by atoms with Gasteiger partial charge in [0.2, 0.25) is 18.2 Å². The number of aromatic nitrogens is 1. The molecule has 0 saturated heterocycles. The van der Waals surface area contributed by atoms with Gasteiger partial charge in [-0.2, -0.15) is 13.2 Å². The van der Waals surface area contributed by atoms with E-state index in [2.05, 4.69) is 26.3 Å². The number of anilines is 6. The molecule has 5 amide bonds. The van der Waals surface area contributed by atoms with Crippen LogP contribution in [0.4, 0.5) is 56.5 Å². The van der Waals surface area contributed by atoms with E-state index < -0.39 is 40.9 Å². The number of hydrogen-bond acceptors (Lipinski definition) is 12. The van der Waals surface area contributed by atoms with Crippen LogP contribution in [0.2, 0.25) is 0 Å². The van der Waals surface area contributed by atoms with Crippen molar-refractivity contribution in [3.63, 3.8) is 0 Å². The summed E-state index contributed by atoms with van der Waals surface area (Å²) in [6.45, 7) is 4.50. The zero-order valence-electron chi connectivity index (χ0n) is 42.8. The molecular weight excluding hydrogens is 1020 g/mol. The monoisotopic (exact) mass is 1080 g/mol. The van der Waals surface area contributed by atoms with Gasteiger partial charge in [0.05, 0.1) is 86.8 Å². The number of hydrogen-bond donors (Lipinski definition) is 8. The van der Waals surface area contributed by atoms with Crippen molar-refractivity contribution in [2.75, 3.05) is 79.0 Å². The number of aryl methyl sites for hydroxylation is 1. The van der Waals surface area contributed by atoms with E-state index in [0.29, 0.717) is 58.2 Å². The smallest absolute Gasteiger partial charge is 0.416 e. The second-order valence-electron chi connectivity index (χ2n) is 17.8. The number of nitrogens with two attached hydrogens (primary N) is 3. The number of para-hydroxylation sites is 1. The molecule has 0 aliphatic carbocycles. The average molecular weight is 1080 g/mol. The third kappa shape index (κ3) is 15.2. The van der Waals surface area contributed by atoms with Crippen molar-refractivity contribution < 1.29 is 55.7 Å². The fourth-order valence-corrected chi connectivity index (χ4v) is 8.40. The molecule has 1 aliphatic rings. The Bertz CT molecular complexity index is 3150. The maximum Gasteiger partial charge on any atom is 0.416 e. The summed E-state index contributed by atoms with van der Waals surface area (Å²) in [5.41, 5.74) is 18.9. The molecule has 0 fully saturated rings. The van der Waals surface area contributed by atoms with Crippen molar-refractivity contribution in [1.29, 1.82) is 0 Å². The molecule has 0 bridgehead atoms. The molecule has 7 rings (SSSR count). The van der Waals surface area contributed by atoms with Gasteiger partial charge < -0.3 is 66.6 Å². The molecule has 410 valence electrons. The number of hydrazine groups is 1. The SMILES string of the molecule is C/C(=C\c1ccc[nH]1)c1ccc(Nc2cc(NC(=O)Nc3cc(C(F)(F)F)cc(OCCOCCOCCOCCN(N)/C4=C(\N)c5ccccc5N(C(=O)CCC(N)=O)Cc5ccccc54)c3F)ccc2C)cc1NC=O.